The van der Waals surface area contributed by atoms with E-state index in [1.165, 1.54) is 12.3 Å². The molecule has 1 saturated heterocycles. The Morgan fingerprint density at radius 2 is 1.74 bits per heavy atom. The topological polar surface area (TPSA) is 70.7 Å². The van der Waals surface area contributed by atoms with Crippen LogP contribution in [0.15, 0.2) is 59.5 Å². The molecule has 3 aromatic heterocycles. The van der Waals surface area contributed by atoms with Crippen LogP contribution in [-0.4, -0.2) is 57.1 Å². The fraction of sp³-hybridized carbons (Fsp3) is 0.296. The maximum Gasteiger partial charge on any atom is 0.418 e. The average Bonchev–Trinajstić information content (AvgIpc) is 3.30. The normalized spacial score (nSPS) is 15.1. The van der Waals surface area contributed by atoms with E-state index in [2.05, 4.69) is 20.2 Å². The molecule has 11 heteroatoms. The van der Waals surface area contributed by atoms with Gasteiger partial charge in [-0.25, -0.2) is 4.98 Å². The lowest BCUT2D eigenvalue weighted by Gasteiger charge is -2.35. The van der Waals surface area contributed by atoms with Gasteiger partial charge in [-0.2, -0.15) is 18.2 Å². The van der Waals surface area contributed by atoms with Crippen molar-refractivity contribution in [2.75, 3.05) is 43.4 Å². The predicted molar refractivity (Wildman–Crippen MR) is 142 cm³/mol. The van der Waals surface area contributed by atoms with Gasteiger partial charge in [0.15, 0.2) is 5.65 Å². The molecule has 1 fully saturated rings. The molecule has 4 heterocycles. The molecular weight excluding hydrogens is 495 g/mol. The number of hydrogen-bond acceptors (Lipinski definition) is 6. The second-order valence-electron chi connectivity index (χ2n) is 9.52. The van der Waals surface area contributed by atoms with Gasteiger partial charge < -0.3 is 19.7 Å². The van der Waals surface area contributed by atoms with Crippen molar-refractivity contribution >= 4 is 44.9 Å². The molecular formula is C27H26F3N7O. The van der Waals surface area contributed by atoms with Crippen LogP contribution in [0.4, 0.5) is 30.5 Å². The van der Waals surface area contributed by atoms with Crippen molar-refractivity contribution in [3.8, 4) is 0 Å². The molecule has 196 valence electrons. The highest BCUT2D eigenvalue weighted by molar-refractivity contribution is 5.92. The zero-order chi connectivity index (χ0) is 26.6. The first-order valence-electron chi connectivity index (χ1n) is 12.5. The minimum Gasteiger partial charge on any atom is -0.368 e. The van der Waals surface area contributed by atoms with Crippen LogP contribution in [0.1, 0.15) is 12.5 Å². The monoisotopic (exact) mass is 521 g/mol. The van der Waals surface area contributed by atoms with Gasteiger partial charge >= 0.3 is 6.18 Å². The summed E-state index contributed by atoms with van der Waals surface area (Å²) >= 11 is 0. The van der Waals surface area contributed by atoms with Crippen LogP contribution in [-0.2, 0) is 12.7 Å². The number of nitrogens with zero attached hydrogens (tertiary/aromatic N) is 6. The maximum atomic E-state index is 14.1. The summed E-state index contributed by atoms with van der Waals surface area (Å²) in [6, 6.07) is 13.7. The standard InChI is InChI=1S/C27H26F3N7O/c1-3-36-23-16-31-26(33-24(23)37-20-7-5-4-6-17(20)14-22(37)25(36)38)32-18-8-9-21(19(15-18)27(28,29)30)35-12-10-34(2)11-13-35/h4-9,14-16H,3,10-13H2,1-2H3,(H,31,32,33). The number of piperazine rings is 1. The van der Waals surface area contributed by atoms with Crippen molar-refractivity contribution in [1.82, 2.24) is 23.8 Å². The summed E-state index contributed by atoms with van der Waals surface area (Å²) in [6.45, 7) is 4.75. The molecule has 1 aliphatic rings. The van der Waals surface area contributed by atoms with E-state index < -0.39 is 11.7 Å². The fourth-order valence-electron chi connectivity index (χ4n) is 5.18. The largest absolute Gasteiger partial charge is 0.418 e. The Hall–Kier alpha value is -4.12. The van der Waals surface area contributed by atoms with Gasteiger partial charge in [0.25, 0.3) is 5.56 Å². The quantitative estimate of drug-likeness (QED) is 0.369. The van der Waals surface area contributed by atoms with Crippen LogP contribution >= 0.6 is 0 Å². The van der Waals surface area contributed by atoms with E-state index in [0.717, 1.165) is 17.0 Å². The number of aryl methyl sites for hydroxylation is 1. The molecule has 0 aliphatic carbocycles. The number of para-hydroxylation sites is 1. The molecule has 6 rings (SSSR count). The lowest BCUT2D eigenvalue weighted by atomic mass is 10.1. The van der Waals surface area contributed by atoms with Crippen LogP contribution in [0.25, 0.3) is 27.6 Å². The number of alkyl halides is 3. The van der Waals surface area contributed by atoms with Gasteiger partial charge in [0, 0.05) is 49.5 Å². The highest BCUT2D eigenvalue weighted by atomic mass is 19.4. The Labute approximate surface area is 215 Å². The van der Waals surface area contributed by atoms with Crippen LogP contribution in [0.5, 0.6) is 0 Å². The van der Waals surface area contributed by atoms with E-state index in [9.17, 15) is 18.0 Å². The minimum absolute atomic E-state index is 0.137. The van der Waals surface area contributed by atoms with Crippen LogP contribution < -0.4 is 15.8 Å². The molecule has 1 aliphatic heterocycles. The lowest BCUT2D eigenvalue weighted by molar-refractivity contribution is -0.137. The van der Waals surface area contributed by atoms with E-state index in [1.54, 1.807) is 19.9 Å². The van der Waals surface area contributed by atoms with Crippen molar-refractivity contribution < 1.29 is 13.2 Å². The number of benzene rings is 2. The molecule has 38 heavy (non-hydrogen) atoms. The van der Waals surface area contributed by atoms with Gasteiger partial charge in [-0.15, -0.1) is 0 Å². The second kappa shape index (κ2) is 9.02. The van der Waals surface area contributed by atoms with Gasteiger partial charge in [0.1, 0.15) is 11.0 Å². The Morgan fingerprint density at radius 1 is 0.974 bits per heavy atom. The Balaban J connectivity index is 1.45. The summed E-state index contributed by atoms with van der Waals surface area (Å²) in [5, 5.41) is 3.84. The molecule has 0 unspecified atom stereocenters. The van der Waals surface area contributed by atoms with Gasteiger partial charge in [0.05, 0.1) is 17.3 Å². The van der Waals surface area contributed by atoms with Gasteiger partial charge in [0.2, 0.25) is 5.95 Å². The maximum absolute atomic E-state index is 14.1. The highest BCUT2D eigenvalue weighted by Gasteiger charge is 2.36. The molecule has 0 atom stereocenters. The molecule has 2 aromatic carbocycles. The average molecular weight is 522 g/mol. The Kier molecular flexibility index (Phi) is 5.75. The van der Waals surface area contributed by atoms with Crippen molar-refractivity contribution in [1.29, 1.82) is 0 Å². The van der Waals surface area contributed by atoms with E-state index in [4.69, 9.17) is 0 Å². The van der Waals surface area contributed by atoms with Crippen LogP contribution in [0.2, 0.25) is 0 Å². The summed E-state index contributed by atoms with van der Waals surface area (Å²) in [6.07, 6.45) is -2.99. The first kappa shape index (κ1) is 24.2. The molecule has 8 nitrogen and oxygen atoms in total. The second-order valence-corrected chi connectivity index (χ2v) is 9.52. The van der Waals surface area contributed by atoms with E-state index in [0.29, 0.717) is 49.4 Å². The summed E-state index contributed by atoms with van der Waals surface area (Å²) in [5.74, 6) is 0.137. The number of nitrogens with one attached hydrogen (secondary N) is 1. The lowest BCUT2D eigenvalue weighted by Crippen LogP contribution is -2.45. The number of fused-ring (bicyclic) bond motifs is 5. The highest BCUT2D eigenvalue weighted by Crippen LogP contribution is 2.39. The third kappa shape index (κ3) is 4.03. The number of likely N-dealkylation sites (N-methyl/N-ethyl adjacent to an activating group) is 1. The Morgan fingerprint density at radius 3 is 2.47 bits per heavy atom. The zero-order valence-corrected chi connectivity index (χ0v) is 21.0. The fourth-order valence-corrected chi connectivity index (χ4v) is 5.18. The number of rotatable bonds is 4. The predicted octanol–water partition coefficient (Wildman–Crippen LogP) is 4.73. The van der Waals surface area contributed by atoms with Gasteiger partial charge in [-0.3, -0.25) is 9.20 Å². The van der Waals surface area contributed by atoms with Crippen molar-refractivity contribution in [2.45, 2.75) is 19.6 Å². The SMILES string of the molecule is CCn1c(=O)c2cc3ccccc3n2c2nc(Nc3ccc(N4CCN(C)CC4)c(C(F)(F)F)c3)ncc21. The summed E-state index contributed by atoms with van der Waals surface area (Å²) < 4.78 is 45.6. The molecule has 0 spiro atoms. The van der Waals surface area contributed by atoms with E-state index >= 15 is 0 Å². The van der Waals surface area contributed by atoms with E-state index in [-0.39, 0.29) is 22.9 Å². The van der Waals surface area contributed by atoms with Crippen molar-refractivity contribution in [3.63, 3.8) is 0 Å². The molecule has 0 radical (unpaired) electrons. The number of anilines is 3. The number of hydrogen-bond donors (Lipinski definition) is 1. The first-order valence-corrected chi connectivity index (χ1v) is 12.5. The summed E-state index contributed by atoms with van der Waals surface area (Å²) in [4.78, 5) is 26.1. The van der Waals surface area contributed by atoms with Crippen LogP contribution in [0.3, 0.4) is 0 Å². The third-order valence-corrected chi connectivity index (χ3v) is 7.15. The Bertz CT molecular complexity index is 1730. The molecule has 0 amide bonds. The van der Waals surface area contributed by atoms with Crippen molar-refractivity contribution in [3.05, 3.63) is 70.6 Å². The van der Waals surface area contributed by atoms with Crippen LogP contribution in [0, 0.1) is 0 Å². The molecule has 0 bridgehead atoms. The van der Waals surface area contributed by atoms with Gasteiger partial charge in [-0.1, -0.05) is 18.2 Å². The van der Waals surface area contributed by atoms with Gasteiger partial charge in [-0.05, 0) is 44.3 Å². The molecule has 0 saturated carbocycles. The van der Waals surface area contributed by atoms with E-state index in [1.807, 2.05) is 44.3 Å². The summed E-state index contributed by atoms with van der Waals surface area (Å²) in [7, 11) is 1.96. The number of aromatic nitrogens is 4. The zero-order valence-electron chi connectivity index (χ0n) is 21.0. The minimum atomic E-state index is -4.52. The molecule has 1 N–H and O–H groups in total. The summed E-state index contributed by atoms with van der Waals surface area (Å²) in [5.41, 5.74) is 1.86. The third-order valence-electron chi connectivity index (χ3n) is 7.15. The number of halogens is 3. The molecule has 5 aromatic rings. The van der Waals surface area contributed by atoms with Crippen molar-refractivity contribution in [2.24, 2.45) is 0 Å². The first-order chi connectivity index (χ1) is 18.2. The smallest absolute Gasteiger partial charge is 0.368 e.